The molecule has 4 aromatic rings. The summed E-state index contributed by atoms with van der Waals surface area (Å²) in [6.07, 6.45) is 0. The van der Waals surface area contributed by atoms with Gasteiger partial charge in [-0.3, -0.25) is 9.69 Å². The summed E-state index contributed by atoms with van der Waals surface area (Å²) < 4.78 is 5.37. The van der Waals surface area contributed by atoms with E-state index in [1.165, 1.54) is 0 Å². The fourth-order valence-electron chi connectivity index (χ4n) is 3.25. The molecule has 1 aromatic heterocycles. The molecule has 0 bridgehead atoms. The Labute approximate surface area is 159 Å². The number of fused-ring (bicyclic) bond motifs is 3. The molecule has 0 unspecified atom stereocenters. The quantitative estimate of drug-likeness (QED) is 0.430. The molecule has 0 N–H and O–H groups in total. The van der Waals surface area contributed by atoms with Crippen molar-refractivity contribution in [3.8, 4) is 0 Å². The van der Waals surface area contributed by atoms with Gasteiger partial charge in [0, 0.05) is 15.2 Å². The Morgan fingerprint density at radius 1 is 0.815 bits per heavy atom. The van der Waals surface area contributed by atoms with E-state index >= 15 is 0 Å². The van der Waals surface area contributed by atoms with Gasteiger partial charge >= 0.3 is 5.63 Å². The lowest BCUT2D eigenvalue weighted by atomic mass is 10.1. The summed E-state index contributed by atoms with van der Waals surface area (Å²) in [5, 5.41) is 0.716. The summed E-state index contributed by atoms with van der Waals surface area (Å²) in [5.74, 6) is -0.394. The molecule has 1 aliphatic heterocycles. The van der Waals surface area contributed by atoms with Crippen molar-refractivity contribution in [2.45, 2.75) is 9.79 Å². The number of carbonyl (C=O) groups excluding carboxylic acids is 1. The van der Waals surface area contributed by atoms with Crippen LogP contribution in [0.25, 0.3) is 11.0 Å². The molecule has 5 heteroatoms. The first-order valence-electron chi connectivity index (χ1n) is 8.45. The monoisotopic (exact) mass is 371 g/mol. The van der Waals surface area contributed by atoms with E-state index in [9.17, 15) is 9.59 Å². The van der Waals surface area contributed by atoms with E-state index < -0.39 is 11.5 Å². The number of para-hydroxylation sites is 3. The predicted molar refractivity (Wildman–Crippen MR) is 106 cm³/mol. The van der Waals surface area contributed by atoms with Gasteiger partial charge in [0.25, 0.3) is 5.91 Å². The van der Waals surface area contributed by atoms with E-state index in [1.807, 2.05) is 60.7 Å². The van der Waals surface area contributed by atoms with Crippen molar-refractivity contribution in [1.82, 2.24) is 0 Å². The Morgan fingerprint density at radius 3 is 2.11 bits per heavy atom. The molecule has 130 valence electrons. The van der Waals surface area contributed by atoms with Crippen LogP contribution in [-0.4, -0.2) is 5.91 Å². The minimum Gasteiger partial charge on any atom is -0.422 e. The van der Waals surface area contributed by atoms with Crippen molar-refractivity contribution < 1.29 is 9.21 Å². The van der Waals surface area contributed by atoms with Gasteiger partial charge < -0.3 is 4.42 Å². The van der Waals surface area contributed by atoms with Gasteiger partial charge in [0.15, 0.2) is 0 Å². The highest BCUT2D eigenvalue weighted by molar-refractivity contribution is 7.99. The molecular weight excluding hydrogens is 358 g/mol. The lowest BCUT2D eigenvalue weighted by Crippen LogP contribution is -2.32. The Bertz CT molecular complexity index is 1220. The number of anilines is 2. The van der Waals surface area contributed by atoms with E-state index in [1.54, 1.807) is 34.9 Å². The van der Waals surface area contributed by atoms with Crippen LogP contribution in [0.5, 0.6) is 0 Å². The molecule has 1 aliphatic rings. The molecule has 0 saturated carbocycles. The van der Waals surface area contributed by atoms with E-state index in [0.717, 1.165) is 21.2 Å². The van der Waals surface area contributed by atoms with Crippen LogP contribution in [-0.2, 0) is 0 Å². The van der Waals surface area contributed by atoms with Crippen LogP contribution in [0.4, 0.5) is 11.4 Å². The standard InChI is InChI=1S/C22H13NO3S/c24-21(15-13-14-7-1-4-10-18(14)26-22(15)25)23-16-8-2-5-11-19(16)27-20-12-6-3-9-17(20)23/h1-13H. The van der Waals surface area contributed by atoms with Crippen molar-refractivity contribution >= 4 is 40.0 Å². The van der Waals surface area contributed by atoms with Gasteiger partial charge in [-0.25, -0.2) is 4.79 Å². The second-order valence-corrected chi connectivity index (χ2v) is 7.25. The summed E-state index contributed by atoms with van der Waals surface area (Å²) in [6.45, 7) is 0. The van der Waals surface area contributed by atoms with E-state index in [2.05, 4.69) is 0 Å². The maximum atomic E-state index is 13.4. The second-order valence-electron chi connectivity index (χ2n) is 6.16. The molecule has 2 heterocycles. The van der Waals surface area contributed by atoms with Crippen LogP contribution in [0.1, 0.15) is 10.4 Å². The number of benzene rings is 3. The molecule has 0 aliphatic carbocycles. The fourth-order valence-corrected chi connectivity index (χ4v) is 4.31. The number of hydrogen-bond acceptors (Lipinski definition) is 4. The summed E-state index contributed by atoms with van der Waals surface area (Å²) in [6, 6.07) is 24.1. The third-order valence-corrected chi connectivity index (χ3v) is 5.64. The van der Waals surface area contributed by atoms with Crippen LogP contribution >= 0.6 is 11.8 Å². The molecule has 5 rings (SSSR count). The fraction of sp³-hybridized carbons (Fsp3) is 0. The van der Waals surface area contributed by atoms with Crippen LogP contribution in [0.2, 0.25) is 0 Å². The average molecular weight is 371 g/mol. The molecule has 0 radical (unpaired) electrons. The molecule has 0 fully saturated rings. The Kier molecular flexibility index (Phi) is 3.62. The molecule has 0 atom stereocenters. The smallest absolute Gasteiger partial charge is 0.349 e. The SMILES string of the molecule is O=C(c1cc2ccccc2oc1=O)N1c2ccccc2Sc2ccccc21. The van der Waals surface area contributed by atoms with Gasteiger partial charge in [-0.05, 0) is 36.4 Å². The number of rotatable bonds is 1. The van der Waals surface area contributed by atoms with Crippen molar-refractivity contribution in [3.63, 3.8) is 0 Å². The average Bonchev–Trinajstić information content (AvgIpc) is 2.71. The number of carbonyl (C=O) groups is 1. The highest BCUT2D eigenvalue weighted by Gasteiger charge is 2.30. The predicted octanol–water partition coefficient (Wildman–Crippen LogP) is 5.24. The number of nitrogens with zero attached hydrogens (tertiary/aromatic N) is 1. The topological polar surface area (TPSA) is 50.5 Å². The van der Waals surface area contributed by atoms with E-state index in [0.29, 0.717) is 11.0 Å². The first-order chi connectivity index (χ1) is 13.2. The molecule has 3 aromatic carbocycles. The van der Waals surface area contributed by atoms with Crippen molar-refractivity contribution in [3.05, 3.63) is 94.8 Å². The normalized spacial score (nSPS) is 12.5. The second kappa shape index (κ2) is 6.14. The zero-order valence-corrected chi connectivity index (χ0v) is 14.9. The van der Waals surface area contributed by atoms with E-state index in [-0.39, 0.29) is 5.56 Å². The zero-order chi connectivity index (χ0) is 18.4. The van der Waals surface area contributed by atoms with E-state index in [4.69, 9.17) is 4.42 Å². The molecular formula is C22H13NO3S. The minimum atomic E-state index is -0.633. The van der Waals surface area contributed by atoms with Gasteiger partial charge in [0.1, 0.15) is 11.1 Å². The maximum Gasteiger partial charge on any atom is 0.349 e. The summed E-state index contributed by atoms with van der Waals surface area (Å²) >= 11 is 1.61. The zero-order valence-electron chi connectivity index (χ0n) is 14.1. The number of hydrogen-bond donors (Lipinski definition) is 0. The molecule has 0 spiro atoms. The van der Waals surface area contributed by atoms with Crippen LogP contribution < -0.4 is 10.5 Å². The summed E-state index contributed by atoms with van der Waals surface area (Å²) in [5.41, 5.74) is 1.38. The highest BCUT2D eigenvalue weighted by Crippen LogP contribution is 2.48. The Morgan fingerprint density at radius 2 is 1.41 bits per heavy atom. The van der Waals surface area contributed by atoms with Crippen LogP contribution in [0.15, 0.2) is 97.9 Å². The van der Waals surface area contributed by atoms with Gasteiger partial charge in [-0.1, -0.05) is 54.2 Å². The largest absolute Gasteiger partial charge is 0.422 e. The van der Waals surface area contributed by atoms with Crippen molar-refractivity contribution in [1.29, 1.82) is 0 Å². The van der Waals surface area contributed by atoms with Gasteiger partial charge in [-0.2, -0.15) is 0 Å². The van der Waals surface area contributed by atoms with Crippen LogP contribution in [0.3, 0.4) is 0 Å². The first kappa shape index (κ1) is 15.9. The highest BCUT2D eigenvalue weighted by atomic mass is 32.2. The molecule has 27 heavy (non-hydrogen) atoms. The third kappa shape index (κ3) is 2.55. The summed E-state index contributed by atoms with van der Waals surface area (Å²) in [4.78, 5) is 29.5. The van der Waals surface area contributed by atoms with Crippen LogP contribution in [0, 0.1) is 0 Å². The van der Waals surface area contributed by atoms with Gasteiger partial charge in [-0.15, -0.1) is 0 Å². The Hall–Kier alpha value is -3.31. The minimum absolute atomic E-state index is 0.0187. The van der Waals surface area contributed by atoms with Crippen molar-refractivity contribution in [2.75, 3.05) is 4.90 Å². The lowest BCUT2D eigenvalue weighted by Gasteiger charge is -2.30. The number of amides is 1. The first-order valence-corrected chi connectivity index (χ1v) is 9.27. The maximum absolute atomic E-state index is 13.4. The molecule has 4 nitrogen and oxygen atoms in total. The molecule has 0 saturated heterocycles. The van der Waals surface area contributed by atoms with Gasteiger partial charge in [0.2, 0.25) is 0 Å². The Balaban J connectivity index is 1.72. The summed E-state index contributed by atoms with van der Waals surface area (Å²) in [7, 11) is 0. The molecule has 1 amide bonds. The van der Waals surface area contributed by atoms with Crippen molar-refractivity contribution in [2.24, 2.45) is 0 Å². The third-order valence-electron chi connectivity index (χ3n) is 4.51. The lowest BCUT2D eigenvalue weighted by molar-refractivity contribution is 0.0995. The van der Waals surface area contributed by atoms with Gasteiger partial charge in [0.05, 0.1) is 11.4 Å².